The van der Waals surface area contributed by atoms with E-state index in [1.165, 1.54) is 0 Å². The number of aromatic amines is 1. The van der Waals surface area contributed by atoms with E-state index < -0.39 is 17.4 Å². The van der Waals surface area contributed by atoms with Crippen LogP contribution in [0.4, 0.5) is 0 Å². The van der Waals surface area contributed by atoms with Crippen LogP contribution in [0.5, 0.6) is 0 Å². The number of nitrogens with zero attached hydrogens (tertiary/aromatic N) is 1. The summed E-state index contributed by atoms with van der Waals surface area (Å²) in [5.41, 5.74) is 1.92. The number of cyclic esters (lactones) is 1. The molecule has 0 radical (unpaired) electrons. The molecule has 0 fully saturated rings. The number of H-pyrrole nitrogens is 1. The van der Waals surface area contributed by atoms with Gasteiger partial charge < -0.3 is 14.4 Å². The molecule has 0 amide bonds. The summed E-state index contributed by atoms with van der Waals surface area (Å²) in [5.74, 6) is -1.20. The normalized spacial score (nSPS) is 12.8. The maximum absolute atomic E-state index is 11.1. The van der Waals surface area contributed by atoms with Crippen LogP contribution in [-0.4, -0.2) is 27.4 Å². The molecular weight excluding hydrogens is 460 g/mol. The van der Waals surface area contributed by atoms with Gasteiger partial charge in [-0.05, 0) is 28.5 Å². The standard InChI is InChI=1S/C10H8O3.C8H6N2O3.2C5H12/c11-8-6-13-10(12)9(8)7-4-2-1-3-5-7;11-7-9-8(12)13-10(7)6-4-2-1-3-5-6;2*1-5(2,3)4/h1-5,11H,6H2;1-5H,(H,9,11,12);2*1-4H3. The van der Waals surface area contributed by atoms with E-state index in [2.05, 4.69) is 64.6 Å². The average molecular weight is 499 g/mol. The summed E-state index contributed by atoms with van der Waals surface area (Å²) in [6.45, 7) is 17.5. The van der Waals surface area contributed by atoms with Crippen LogP contribution in [0.2, 0.25) is 0 Å². The Morgan fingerprint density at radius 2 is 1.22 bits per heavy atom. The highest BCUT2D eigenvalue weighted by Crippen LogP contribution is 2.24. The number of para-hydroxylation sites is 1. The van der Waals surface area contributed by atoms with E-state index >= 15 is 0 Å². The lowest BCUT2D eigenvalue weighted by Gasteiger charge is -2.05. The van der Waals surface area contributed by atoms with Crippen molar-refractivity contribution in [3.05, 3.63) is 93.0 Å². The van der Waals surface area contributed by atoms with E-state index in [4.69, 9.17) is 0 Å². The van der Waals surface area contributed by atoms with Gasteiger partial charge in [0.05, 0.1) is 5.69 Å². The molecule has 36 heavy (non-hydrogen) atoms. The van der Waals surface area contributed by atoms with Gasteiger partial charge in [0.1, 0.15) is 17.9 Å². The number of hydrogen-bond acceptors (Lipinski definition) is 6. The van der Waals surface area contributed by atoms with E-state index in [0.29, 0.717) is 22.1 Å². The van der Waals surface area contributed by atoms with Crippen molar-refractivity contribution in [1.29, 1.82) is 0 Å². The van der Waals surface area contributed by atoms with Crippen LogP contribution in [0.3, 0.4) is 0 Å². The van der Waals surface area contributed by atoms with Gasteiger partial charge in [-0.15, -0.1) is 4.74 Å². The Morgan fingerprint density at radius 3 is 1.58 bits per heavy atom. The lowest BCUT2D eigenvalue weighted by atomic mass is 10.0. The van der Waals surface area contributed by atoms with Gasteiger partial charge in [-0.3, -0.25) is 0 Å². The first kappa shape index (κ1) is 30.2. The predicted molar refractivity (Wildman–Crippen MR) is 142 cm³/mol. The highest BCUT2D eigenvalue weighted by Gasteiger charge is 2.25. The number of esters is 1. The summed E-state index contributed by atoms with van der Waals surface area (Å²) in [6.07, 6.45) is 0. The van der Waals surface area contributed by atoms with Crippen LogP contribution in [0, 0.1) is 10.8 Å². The summed E-state index contributed by atoms with van der Waals surface area (Å²) in [7, 11) is 0. The second kappa shape index (κ2) is 13.3. The molecule has 3 aromatic rings. The molecule has 1 aliphatic rings. The van der Waals surface area contributed by atoms with Gasteiger partial charge in [-0.2, -0.15) is 0 Å². The zero-order valence-corrected chi connectivity index (χ0v) is 22.4. The fraction of sp³-hybridized carbons (Fsp3) is 0.393. The molecule has 2 heterocycles. The van der Waals surface area contributed by atoms with Crippen LogP contribution in [0.25, 0.3) is 11.3 Å². The minimum absolute atomic E-state index is 0.0104. The lowest BCUT2D eigenvalue weighted by molar-refractivity contribution is -0.134. The molecule has 2 aromatic carbocycles. The Morgan fingerprint density at radius 1 is 0.778 bits per heavy atom. The molecule has 1 aliphatic heterocycles. The number of carbonyl (C=O) groups excluding carboxylic acids is 1. The molecule has 4 rings (SSSR count). The van der Waals surface area contributed by atoms with E-state index in [9.17, 15) is 19.5 Å². The van der Waals surface area contributed by atoms with Crippen molar-refractivity contribution in [2.24, 2.45) is 10.8 Å². The Balaban J connectivity index is 0.000000266. The van der Waals surface area contributed by atoms with Gasteiger partial charge >= 0.3 is 17.4 Å². The van der Waals surface area contributed by atoms with Crippen molar-refractivity contribution in [2.75, 3.05) is 6.61 Å². The van der Waals surface area contributed by atoms with Crippen molar-refractivity contribution in [3.8, 4) is 5.69 Å². The van der Waals surface area contributed by atoms with E-state index in [0.717, 1.165) is 4.74 Å². The summed E-state index contributed by atoms with van der Waals surface area (Å²) in [6, 6.07) is 17.6. The van der Waals surface area contributed by atoms with Crippen LogP contribution >= 0.6 is 0 Å². The summed E-state index contributed by atoms with van der Waals surface area (Å²) in [4.78, 5) is 34.8. The number of hydrogen-bond donors (Lipinski definition) is 2. The maximum Gasteiger partial charge on any atom is 0.440 e. The largest absolute Gasteiger partial charge is 0.508 e. The first-order valence-electron chi connectivity index (χ1n) is 11.6. The quantitative estimate of drug-likeness (QED) is 0.436. The van der Waals surface area contributed by atoms with Gasteiger partial charge in [0.2, 0.25) is 0 Å². The first-order chi connectivity index (χ1) is 16.6. The summed E-state index contributed by atoms with van der Waals surface area (Å²) in [5, 5.41) is 9.35. The molecule has 0 saturated heterocycles. The molecule has 1 aromatic heterocycles. The minimum Gasteiger partial charge on any atom is -0.508 e. The molecule has 0 bridgehead atoms. The third kappa shape index (κ3) is 12.6. The van der Waals surface area contributed by atoms with Crippen LogP contribution in [0.1, 0.15) is 61.0 Å². The fourth-order valence-corrected chi connectivity index (χ4v) is 2.30. The van der Waals surface area contributed by atoms with E-state index in [-0.39, 0.29) is 17.9 Å². The molecular formula is C28H38N2O6. The van der Waals surface area contributed by atoms with Gasteiger partial charge in [0, 0.05) is 0 Å². The first-order valence-corrected chi connectivity index (χ1v) is 11.6. The lowest BCUT2D eigenvalue weighted by Crippen LogP contribution is -2.14. The molecule has 0 spiro atoms. The zero-order valence-electron chi connectivity index (χ0n) is 22.4. The van der Waals surface area contributed by atoms with E-state index in [1.54, 1.807) is 54.6 Å². The fourth-order valence-electron chi connectivity index (χ4n) is 2.30. The Hall–Kier alpha value is -3.81. The topological polar surface area (TPSA) is 115 Å². The number of aliphatic hydroxyl groups excluding tert-OH is 1. The SMILES string of the molecule is CC(C)(C)C.CC(C)(C)C.O=C1OCC(O)=C1c1ccccc1.O=c1[nH]c(=O)n(-c2ccccc2)o1. The monoisotopic (exact) mass is 498 g/mol. The Kier molecular flexibility index (Phi) is 11.2. The molecule has 0 aliphatic carbocycles. The minimum atomic E-state index is -0.756. The molecule has 196 valence electrons. The third-order valence-electron chi connectivity index (χ3n) is 3.45. The average Bonchev–Trinajstić information content (AvgIpc) is 3.27. The van der Waals surface area contributed by atoms with Gasteiger partial charge in [0.15, 0.2) is 0 Å². The van der Waals surface area contributed by atoms with Crippen molar-refractivity contribution < 1.29 is 19.2 Å². The zero-order chi connectivity index (χ0) is 27.5. The summed E-state index contributed by atoms with van der Waals surface area (Å²) < 4.78 is 10.2. The number of aromatic nitrogens is 2. The van der Waals surface area contributed by atoms with Crippen molar-refractivity contribution in [3.63, 3.8) is 0 Å². The second-order valence-electron chi connectivity index (χ2n) is 11.2. The van der Waals surface area contributed by atoms with E-state index in [1.807, 2.05) is 11.1 Å². The van der Waals surface area contributed by atoms with Crippen molar-refractivity contribution in [2.45, 2.75) is 55.4 Å². The maximum atomic E-state index is 11.1. The molecule has 8 nitrogen and oxygen atoms in total. The number of ether oxygens (including phenoxy) is 1. The third-order valence-corrected chi connectivity index (χ3v) is 3.45. The molecule has 2 N–H and O–H groups in total. The van der Waals surface area contributed by atoms with Crippen molar-refractivity contribution in [1.82, 2.24) is 9.72 Å². The molecule has 0 unspecified atom stereocenters. The van der Waals surface area contributed by atoms with Crippen molar-refractivity contribution >= 4 is 11.5 Å². The molecule has 0 saturated carbocycles. The van der Waals surface area contributed by atoms with Gasteiger partial charge in [0.25, 0.3) is 0 Å². The highest BCUT2D eigenvalue weighted by atomic mass is 16.5. The Labute approximate surface area is 212 Å². The highest BCUT2D eigenvalue weighted by molar-refractivity contribution is 6.18. The summed E-state index contributed by atoms with van der Waals surface area (Å²) >= 11 is 0. The van der Waals surface area contributed by atoms with Crippen LogP contribution in [0.15, 0.2) is 80.5 Å². The van der Waals surface area contributed by atoms with Gasteiger partial charge in [-0.25, -0.2) is 19.4 Å². The molecule has 8 heteroatoms. The number of nitrogens with one attached hydrogen (secondary N) is 1. The number of rotatable bonds is 2. The van der Waals surface area contributed by atoms with Gasteiger partial charge in [-0.1, -0.05) is 104 Å². The van der Waals surface area contributed by atoms with Crippen LogP contribution in [-0.2, 0) is 9.53 Å². The Bertz CT molecular complexity index is 1200. The number of aliphatic hydroxyl groups is 1. The molecule has 0 atom stereocenters. The number of benzene rings is 2. The second-order valence-corrected chi connectivity index (χ2v) is 11.2. The number of carbonyl (C=O) groups is 1. The predicted octanol–water partition coefficient (Wildman–Crippen LogP) is 5.74. The van der Waals surface area contributed by atoms with Crippen LogP contribution < -0.4 is 11.4 Å². The smallest absolute Gasteiger partial charge is 0.440 e.